The average Bonchev–Trinajstić information content (AvgIpc) is 2.83. The standard InChI is InChI=1S/C13H16N2O2S/c16-13(11-8-18-6-5-14-11)15-10-7-17-12-4-2-1-3-9(10)12/h1-4,10-11,14H,5-8H2,(H,15,16). The molecule has 0 saturated carbocycles. The van der Waals surface area contributed by atoms with E-state index in [1.54, 1.807) is 0 Å². The van der Waals surface area contributed by atoms with Crippen LogP contribution < -0.4 is 15.4 Å². The van der Waals surface area contributed by atoms with Gasteiger partial charge in [0.1, 0.15) is 12.4 Å². The summed E-state index contributed by atoms with van der Waals surface area (Å²) in [6, 6.07) is 7.79. The SMILES string of the molecule is O=C(NC1COc2ccccc21)C1CSCCN1. The van der Waals surface area contributed by atoms with Crippen LogP contribution in [0.4, 0.5) is 0 Å². The number of thioether (sulfide) groups is 1. The Hall–Kier alpha value is -1.20. The molecule has 1 saturated heterocycles. The predicted molar refractivity (Wildman–Crippen MR) is 71.9 cm³/mol. The topological polar surface area (TPSA) is 50.4 Å². The lowest BCUT2D eigenvalue weighted by Gasteiger charge is -2.23. The van der Waals surface area contributed by atoms with Crippen molar-refractivity contribution in [1.29, 1.82) is 0 Å². The number of amides is 1. The summed E-state index contributed by atoms with van der Waals surface area (Å²) in [7, 11) is 0. The van der Waals surface area contributed by atoms with Crippen molar-refractivity contribution in [3.63, 3.8) is 0 Å². The van der Waals surface area contributed by atoms with Crippen LogP contribution in [0, 0.1) is 0 Å². The van der Waals surface area contributed by atoms with Gasteiger partial charge in [-0.1, -0.05) is 18.2 Å². The van der Waals surface area contributed by atoms with Crippen molar-refractivity contribution < 1.29 is 9.53 Å². The van der Waals surface area contributed by atoms with E-state index in [9.17, 15) is 4.79 Å². The van der Waals surface area contributed by atoms with Gasteiger partial charge in [-0.15, -0.1) is 0 Å². The van der Waals surface area contributed by atoms with Gasteiger partial charge in [0.05, 0.1) is 12.1 Å². The van der Waals surface area contributed by atoms with Gasteiger partial charge in [-0.05, 0) is 6.07 Å². The highest BCUT2D eigenvalue weighted by Gasteiger charge is 2.28. The third-order valence-corrected chi connectivity index (χ3v) is 4.32. The second kappa shape index (κ2) is 5.20. The molecule has 18 heavy (non-hydrogen) atoms. The first-order valence-electron chi connectivity index (χ1n) is 6.18. The number of fused-ring (bicyclic) bond motifs is 1. The molecule has 0 bridgehead atoms. The van der Waals surface area contributed by atoms with Gasteiger partial charge in [0, 0.05) is 23.6 Å². The third-order valence-electron chi connectivity index (χ3n) is 3.25. The van der Waals surface area contributed by atoms with E-state index in [0.29, 0.717) is 6.61 Å². The minimum absolute atomic E-state index is 0.0116. The zero-order valence-corrected chi connectivity index (χ0v) is 10.8. The van der Waals surface area contributed by atoms with Crippen molar-refractivity contribution in [3.05, 3.63) is 29.8 Å². The molecule has 2 aliphatic heterocycles. The summed E-state index contributed by atoms with van der Waals surface area (Å²) < 4.78 is 5.56. The second-order valence-electron chi connectivity index (χ2n) is 4.49. The van der Waals surface area contributed by atoms with Gasteiger partial charge in [0.25, 0.3) is 0 Å². The van der Waals surface area contributed by atoms with E-state index in [2.05, 4.69) is 10.6 Å². The number of nitrogens with one attached hydrogen (secondary N) is 2. The van der Waals surface area contributed by atoms with Crippen LogP contribution in [0.5, 0.6) is 5.75 Å². The number of carbonyl (C=O) groups is 1. The first-order valence-corrected chi connectivity index (χ1v) is 7.33. The Kier molecular flexibility index (Phi) is 3.43. The van der Waals surface area contributed by atoms with Gasteiger partial charge < -0.3 is 15.4 Å². The molecule has 5 heteroatoms. The summed E-state index contributed by atoms with van der Waals surface area (Å²) in [4.78, 5) is 12.1. The van der Waals surface area contributed by atoms with Gasteiger partial charge >= 0.3 is 0 Å². The fourth-order valence-corrected chi connectivity index (χ4v) is 3.22. The molecule has 0 radical (unpaired) electrons. The average molecular weight is 264 g/mol. The number of para-hydroxylation sites is 1. The molecule has 0 spiro atoms. The van der Waals surface area contributed by atoms with Crippen molar-refractivity contribution in [2.45, 2.75) is 12.1 Å². The molecule has 1 aromatic carbocycles. The van der Waals surface area contributed by atoms with Crippen molar-refractivity contribution in [1.82, 2.24) is 10.6 Å². The molecule has 2 atom stereocenters. The Labute approximate surface area is 110 Å². The summed E-state index contributed by atoms with van der Waals surface area (Å²) in [5.74, 6) is 2.89. The fourth-order valence-electron chi connectivity index (χ4n) is 2.29. The highest BCUT2D eigenvalue weighted by Crippen LogP contribution is 2.31. The third kappa shape index (κ3) is 2.33. The molecule has 0 aromatic heterocycles. The number of carbonyl (C=O) groups excluding carboxylic acids is 1. The first kappa shape index (κ1) is 11.9. The molecule has 2 unspecified atom stereocenters. The van der Waals surface area contributed by atoms with E-state index in [0.717, 1.165) is 29.4 Å². The van der Waals surface area contributed by atoms with Crippen LogP contribution in [-0.2, 0) is 4.79 Å². The maximum atomic E-state index is 12.1. The smallest absolute Gasteiger partial charge is 0.238 e. The fraction of sp³-hybridized carbons (Fsp3) is 0.462. The van der Waals surface area contributed by atoms with Gasteiger partial charge in [-0.2, -0.15) is 11.8 Å². The molecule has 1 fully saturated rings. The minimum Gasteiger partial charge on any atom is -0.491 e. The molecule has 96 valence electrons. The lowest BCUT2D eigenvalue weighted by molar-refractivity contribution is -0.123. The molecule has 2 heterocycles. The summed E-state index contributed by atoms with van der Waals surface area (Å²) >= 11 is 1.82. The second-order valence-corrected chi connectivity index (χ2v) is 5.64. The van der Waals surface area contributed by atoms with E-state index in [-0.39, 0.29) is 18.0 Å². The van der Waals surface area contributed by atoms with Crippen LogP contribution >= 0.6 is 11.8 Å². The molecular formula is C13H16N2O2S. The molecule has 1 aromatic rings. The molecule has 2 aliphatic rings. The maximum absolute atomic E-state index is 12.1. The molecule has 2 N–H and O–H groups in total. The Morgan fingerprint density at radius 2 is 2.33 bits per heavy atom. The highest BCUT2D eigenvalue weighted by molar-refractivity contribution is 7.99. The van der Waals surface area contributed by atoms with Crippen molar-refractivity contribution in [3.8, 4) is 5.75 Å². The summed E-state index contributed by atoms with van der Waals surface area (Å²) in [6.45, 7) is 1.44. The predicted octanol–water partition coefficient (Wildman–Crippen LogP) is 0.941. The number of hydrogen-bond acceptors (Lipinski definition) is 4. The maximum Gasteiger partial charge on any atom is 0.238 e. The van der Waals surface area contributed by atoms with Gasteiger partial charge in [-0.25, -0.2) is 0 Å². The van der Waals surface area contributed by atoms with Crippen LogP contribution in [0.1, 0.15) is 11.6 Å². The Bertz CT molecular complexity index is 446. The number of rotatable bonds is 2. The van der Waals surface area contributed by atoms with E-state index in [4.69, 9.17) is 4.74 Å². The summed E-state index contributed by atoms with van der Waals surface area (Å²) in [5.41, 5.74) is 1.08. The van der Waals surface area contributed by atoms with E-state index in [1.807, 2.05) is 36.0 Å². The molecule has 0 aliphatic carbocycles. The first-order chi connectivity index (χ1) is 8.84. The van der Waals surface area contributed by atoms with Crippen LogP contribution in [0.25, 0.3) is 0 Å². The lowest BCUT2D eigenvalue weighted by atomic mass is 10.1. The highest BCUT2D eigenvalue weighted by atomic mass is 32.2. The molecule has 3 rings (SSSR count). The quantitative estimate of drug-likeness (QED) is 0.835. The van der Waals surface area contributed by atoms with E-state index < -0.39 is 0 Å². The van der Waals surface area contributed by atoms with Gasteiger partial charge in [0.2, 0.25) is 5.91 Å². The van der Waals surface area contributed by atoms with Gasteiger partial charge in [0.15, 0.2) is 0 Å². The molecule has 4 nitrogen and oxygen atoms in total. The Morgan fingerprint density at radius 1 is 1.44 bits per heavy atom. The van der Waals surface area contributed by atoms with E-state index >= 15 is 0 Å². The monoisotopic (exact) mass is 264 g/mol. The van der Waals surface area contributed by atoms with Crippen LogP contribution in [-0.4, -0.2) is 36.6 Å². The summed E-state index contributed by atoms with van der Waals surface area (Å²) in [5, 5.41) is 6.31. The lowest BCUT2D eigenvalue weighted by Crippen LogP contribution is -2.49. The number of hydrogen-bond donors (Lipinski definition) is 2. The van der Waals surface area contributed by atoms with Crippen molar-refractivity contribution >= 4 is 17.7 Å². The minimum atomic E-state index is -0.0727. The zero-order chi connectivity index (χ0) is 12.4. The van der Waals surface area contributed by atoms with Crippen LogP contribution in [0.3, 0.4) is 0 Å². The largest absolute Gasteiger partial charge is 0.491 e. The van der Waals surface area contributed by atoms with Crippen molar-refractivity contribution in [2.75, 3.05) is 24.7 Å². The molecular weight excluding hydrogens is 248 g/mol. The van der Waals surface area contributed by atoms with Crippen LogP contribution in [0.15, 0.2) is 24.3 Å². The van der Waals surface area contributed by atoms with Crippen molar-refractivity contribution in [2.24, 2.45) is 0 Å². The zero-order valence-electron chi connectivity index (χ0n) is 10.0. The number of ether oxygens (including phenoxy) is 1. The normalized spacial score (nSPS) is 26.2. The van der Waals surface area contributed by atoms with E-state index in [1.165, 1.54) is 0 Å². The molecule has 1 amide bonds. The number of benzene rings is 1. The Morgan fingerprint density at radius 3 is 3.17 bits per heavy atom. The van der Waals surface area contributed by atoms with Gasteiger partial charge in [-0.3, -0.25) is 4.79 Å². The Balaban J connectivity index is 1.65. The van der Waals surface area contributed by atoms with Crippen LogP contribution in [0.2, 0.25) is 0 Å². The summed E-state index contributed by atoms with van der Waals surface area (Å²) in [6.07, 6.45) is 0.